The molecule has 144 valence electrons. The molecule has 0 fully saturated rings. The van der Waals surface area contributed by atoms with Gasteiger partial charge >= 0.3 is 0 Å². The lowest BCUT2D eigenvalue weighted by Gasteiger charge is -2.11. The van der Waals surface area contributed by atoms with E-state index in [0.29, 0.717) is 5.69 Å². The summed E-state index contributed by atoms with van der Waals surface area (Å²) in [6, 6.07) is 28.4. The zero-order valence-corrected chi connectivity index (χ0v) is 16.9. The summed E-state index contributed by atoms with van der Waals surface area (Å²) < 4.78 is 28.1. The first-order valence-electron chi connectivity index (χ1n) is 9.38. The number of hydrogen-bond donors (Lipinski definition) is 0. The van der Waals surface area contributed by atoms with Crippen LogP contribution in [0.2, 0.25) is 0 Å². The van der Waals surface area contributed by atoms with Crippen molar-refractivity contribution in [1.82, 2.24) is 3.97 Å². The molecule has 3 aromatic carbocycles. The Morgan fingerprint density at radius 1 is 0.724 bits per heavy atom. The van der Waals surface area contributed by atoms with Crippen LogP contribution in [0.4, 0.5) is 0 Å². The fraction of sp³-hybridized carbons (Fsp3) is 0.0400. The van der Waals surface area contributed by atoms with E-state index < -0.39 is 10.0 Å². The SMILES string of the molecule is Cc1ccc(S(=O)(=O)n2ccc(-c3ccccc3)c2/C=C/c2ccccc2)cc1. The summed E-state index contributed by atoms with van der Waals surface area (Å²) in [7, 11) is -3.71. The van der Waals surface area contributed by atoms with Crippen LogP contribution in [0.1, 0.15) is 16.8 Å². The van der Waals surface area contributed by atoms with E-state index in [4.69, 9.17) is 0 Å². The molecule has 0 atom stereocenters. The van der Waals surface area contributed by atoms with Gasteiger partial charge in [0.15, 0.2) is 0 Å². The van der Waals surface area contributed by atoms with Crippen LogP contribution in [0.5, 0.6) is 0 Å². The van der Waals surface area contributed by atoms with Gasteiger partial charge in [0, 0.05) is 11.8 Å². The van der Waals surface area contributed by atoms with Crippen LogP contribution in [0.25, 0.3) is 23.3 Å². The van der Waals surface area contributed by atoms with E-state index >= 15 is 0 Å². The number of rotatable bonds is 5. The zero-order valence-electron chi connectivity index (χ0n) is 16.1. The van der Waals surface area contributed by atoms with Gasteiger partial charge in [-0.2, -0.15) is 0 Å². The second-order valence-electron chi connectivity index (χ2n) is 6.84. The fourth-order valence-corrected chi connectivity index (χ4v) is 4.57. The quantitative estimate of drug-likeness (QED) is 0.421. The molecule has 29 heavy (non-hydrogen) atoms. The molecule has 4 rings (SSSR count). The van der Waals surface area contributed by atoms with Crippen LogP contribution >= 0.6 is 0 Å². The van der Waals surface area contributed by atoms with Crippen molar-refractivity contribution in [2.45, 2.75) is 11.8 Å². The van der Waals surface area contributed by atoms with E-state index in [1.165, 1.54) is 3.97 Å². The molecular formula is C25H21NO2S. The largest absolute Gasteiger partial charge is 0.268 e. The summed E-state index contributed by atoms with van der Waals surface area (Å²) in [6.07, 6.45) is 5.43. The topological polar surface area (TPSA) is 39.1 Å². The Morgan fingerprint density at radius 3 is 2.00 bits per heavy atom. The average molecular weight is 400 g/mol. The van der Waals surface area contributed by atoms with Crippen molar-refractivity contribution in [1.29, 1.82) is 0 Å². The second-order valence-corrected chi connectivity index (χ2v) is 8.65. The first-order valence-corrected chi connectivity index (χ1v) is 10.8. The minimum Gasteiger partial charge on any atom is -0.241 e. The van der Waals surface area contributed by atoms with E-state index in [9.17, 15) is 8.42 Å². The van der Waals surface area contributed by atoms with E-state index in [0.717, 1.165) is 22.3 Å². The standard InChI is InChI=1S/C25H21NO2S/c1-20-12-15-23(16-13-20)29(27,28)26-19-18-24(22-10-6-3-7-11-22)25(26)17-14-21-8-4-2-5-9-21/h2-19H,1H3/b17-14+. The molecular weight excluding hydrogens is 378 g/mol. The summed E-state index contributed by atoms with van der Waals surface area (Å²) >= 11 is 0. The van der Waals surface area contributed by atoms with Crippen molar-refractivity contribution in [3.8, 4) is 11.1 Å². The average Bonchev–Trinajstić information content (AvgIpc) is 3.19. The maximum atomic E-state index is 13.4. The fourth-order valence-electron chi connectivity index (χ4n) is 3.22. The first kappa shape index (κ1) is 19.0. The van der Waals surface area contributed by atoms with Gasteiger partial charge in [-0.05, 0) is 42.3 Å². The molecule has 0 saturated carbocycles. The van der Waals surface area contributed by atoms with E-state index in [2.05, 4.69) is 0 Å². The highest BCUT2D eigenvalue weighted by Crippen LogP contribution is 2.29. The van der Waals surface area contributed by atoms with Crippen molar-refractivity contribution in [3.05, 3.63) is 114 Å². The van der Waals surface area contributed by atoms with Crippen LogP contribution in [-0.4, -0.2) is 12.4 Å². The molecule has 0 unspecified atom stereocenters. The van der Waals surface area contributed by atoms with Crippen LogP contribution in [-0.2, 0) is 10.0 Å². The number of aryl methyl sites for hydroxylation is 1. The van der Waals surface area contributed by atoms with E-state index in [1.807, 2.05) is 97.9 Å². The molecule has 0 N–H and O–H groups in total. The zero-order chi connectivity index (χ0) is 20.3. The third kappa shape index (κ3) is 3.93. The Kier molecular flexibility index (Phi) is 5.19. The molecule has 4 heteroatoms. The Morgan fingerprint density at radius 2 is 1.34 bits per heavy atom. The highest BCUT2D eigenvalue weighted by Gasteiger charge is 2.21. The van der Waals surface area contributed by atoms with Crippen molar-refractivity contribution in [3.63, 3.8) is 0 Å². The Labute approximate surface area is 171 Å². The third-order valence-electron chi connectivity index (χ3n) is 4.79. The van der Waals surface area contributed by atoms with Crippen LogP contribution in [0.3, 0.4) is 0 Å². The maximum absolute atomic E-state index is 13.4. The van der Waals surface area contributed by atoms with Crippen LogP contribution < -0.4 is 0 Å². The minimum atomic E-state index is -3.71. The molecule has 0 radical (unpaired) electrons. The number of aromatic nitrogens is 1. The lowest BCUT2D eigenvalue weighted by molar-refractivity contribution is 0.587. The van der Waals surface area contributed by atoms with Gasteiger partial charge in [-0.1, -0.05) is 84.4 Å². The van der Waals surface area contributed by atoms with E-state index in [-0.39, 0.29) is 4.90 Å². The molecule has 0 saturated heterocycles. The van der Waals surface area contributed by atoms with Gasteiger partial charge in [0.05, 0.1) is 10.6 Å². The lowest BCUT2D eigenvalue weighted by atomic mass is 10.1. The van der Waals surface area contributed by atoms with Gasteiger partial charge in [0.1, 0.15) is 0 Å². The smallest absolute Gasteiger partial charge is 0.241 e. The molecule has 0 bridgehead atoms. The van der Waals surface area contributed by atoms with Crippen molar-refractivity contribution in [2.24, 2.45) is 0 Å². The summed E-state index contributed by atoms with van der Waals surface area (Å²) in [5.74, 6) is 0. The first-order chi connectivity index (χ1) is 14.1. The highest BCUT2D eigenvalue weighted by atomic mass is 32.2. The predicted molar refractivity (Wildman–Crippen MR) is 119 cm³/mol. The Bertz CT molecular complexity index is 1240. The Hall–Kier alpha value is -3.37. The molecule has 0 amide bonds. The van der Waals surface area contributed by atoms with Gasteiger partial charge in [0.2, 0.25) is 0 Å². The van der Waals surface area contributed by atoms with Crippen LogP contribution in [0, 0.1) is 6.92 Å². The molecule has 4 aromatic rings. The van der Waals surface area contributed by atoms with Gasteiger partial charge in [-0.15, -0.1) is 0 Å². The number of benzene rings is 3. The highest BCUT2D eigenvalue weighted by molar-refractivity contribution is 7.90. The van der Waals surface area contributed by atoms with Crippen molar-refractivity contribution < 1.29 is 8.42 Å². The Balaban J connectivity index is 1.87. The summed E-state index contributed by atoms with van der Waals surface area (Å²) in [6.45, 7) is 1.94. The van der Waals surface area contributed by atoms with Gasteiger partial charge in [-0.3, -0.25) is 0 Å². The molecule has 0 aliphatic heterocycles. The normalized spacial score (nSPS) is 11.8. The lowest BCUT2D eigenvalue weighted by Crippen LogP contribution is -2.13. The summed E-state index contributed by atoms with van der Waals surface area (Å²) in [5, 5.41) is 0. The minimum absolute atomic E-state index is 0.271. The van der Waals surface area contributed by atoms with E-state index in [1.54, 1.807) is 18.3 Å². The van der Waals surface area contributed by atoms with Gasteiger partial charge in [0.25, 0.3) is 10.0 Å². The van der Waals surface area contributed by atoms with Gasteiger partial charge < -0.3 is 0 Å². The molecule has 0 spiro atoms. The van der Waals surface area contributed by atoms with Crippen LogP contribution in [0.15, 0.2) is 102 Å². The molecule has 0 aliphatic rings. The predicted octanol–water partition coefficient (Wildman–Crippen LogP) is 5.87. The number of nitrogens with zero attached hydrogens (tertiary/aromatic N) is 1. The van der Waals surface area contributed by atoms with Crippen molar-refractivity contribution >= 4 is 22.2 Å². The monoisotopic (exact) mass is 399 g/mol. The number of hydrogen-bond acceptors (Lipinski definition) is 2. The summed E-state index contributed by atoms with van der Waals surface area (Å²) in [5.41, 5.74) is 4.49. The molecule has 1 aromatic heterocycles. The van der Waals surface area contributed by atoms with Gasteiger partial charge in [-0.25, -0.2) is 12.4 Å². The molecule has 3 nitrogen and oxygen atoms in total. The third-order valence-corrected chi connectivity index (χ3v) is 6.49. The van der Waals surface area contributed by atoms with Crippen molar-refractivity contribution in [2.75, 3.05) is 0 Å². The second kappa shape index (κ2) is 7.94. The maximum Gasteiger partial charge on any atom is 0.268 e. The molecule has 1 heterocycles. The molecule has 0 aliphatic carbocycles. The summed E-state index contributed by atoms with van der Waals surface area (Å²) in [4.78, 5) is 0.271.